The average molecular weight is 425 g/mol. The van der Waals surface area contributed by atoms with Crippen LogP contribution >= 0.6 is 0 Å². The standard InChI is InChI=1S/C23H25F2N5O/c1-15-8-10-17(11-9-15)27-23(31)26-13-16-5-4-12-30(14-16)22-18-6-2-3-7-19(18)28-21(29-22)20(24)25/h2-3,6-11,16,20H,4-5,12-14H2,1H3,(H2,26,27,31). The highest BCUT2D eigenvalue weighted by atomic mass is 19.3. The molecule has 0 radical (unpaired) electrons. The maximum atomic E-state index is 13.3. The Kier molecular flexibility index (Phi) is 6.25. The largest absolute Gasteiger partial charge is 0.356 e. The number of carbonyl (C=O) groups excluding carboxylic acids is 1. The van der Waals surface area contributed by atoms with E-state index in [9.17, 15) is 13.6 Å². The summed E-state index contributed by atoms with van der Waals surface area (Å²) < 4.78 is 26.7. The Labute approximate surface area is 179 Å². The molecular weight excluding hydrogens is 400 g/mol. The maximum absolute atomic E-state index is 13.3. The van der Waals surface area contributed by atoms with Gasteiger partial charge in [-0.3, -0.25) is 0 Å². The molecule has 2 heterocycles. The van der Waals surface area contributed by atoms with E-state index < -0.39 is 12.2 Å². The predicted molar refractivity (Wildman–Crippen MR) is 118 cm³/mol. The van der Waals surface area contributed by atoms with Crippen LogP contribution in [0.1, 0.15) is 30.7 Å². The fourth-order valence-electron chi connectivity index (χ4n) is 3.89. The molecule has 2 amide bonds. The number of fused-ring (bicyclic) bond motifs is 1. The van der Waals surface area contributed by atoms with Crippen LogP contribution in [0.5, 0.6) is 0 Å². The lowest BCUT2D eigenvalue weighted by Gasteiger charge is -2.34. The summed E-state index contributed by atoms with van der Waals surface area (Å²) >= 11 is 0. The first-order chi connectivity index (χ1) is 15.0. The molecule has 31 heavy (non-hydrogen) atoms. The zero-order valence-corrected chi connectivity index (χ0v) is 17.3. The molecule has 0 spiro atoms. The van der Waals surface area contributed by atoms with Crippen molar-refractivity contribution in [3.63, 3.8) is 0 Å². The Morgan fingerprint density at radius 1 is 1.16 bits per heavy atom. The Balaban J connectivity index is 1.43. The lowest BCUT2D eigenvalue weighted by atomic mass is 9.97. The fourth-order valence-corrected chi connectivity index (χ4v) is 3.89. The van der Waals surface area contributed by atoms with E-state index in [4.69, 9.17) is 0 Å². The van der Waals surface area contributed by atoms with Gasteiger partial charge >= 0.3 is 6.03 Å². The Morgan fingerprint density at radius 2 is 1.94 bits per heavy atom. The third-order valence-electron chi connectivity index (χ3n) is 5.47. The van der Waals surface area contributed by atoms with Gasteiger partial charge in [0.2, 0.25) is 0 Å². The number of rotatable bonds is 5. The smallest absolute Gasteiger partial charge is 0.319 e. The van der Waals surface area contributed by atoms with Crippen LogP contribution in [0.2, 0.25) is 0 Å². The van der Waals surface area contributed by atoms with Crippen molar-refractivity contribution in [1.29, 1.82) is 0 Å². The van der Waals surface area contributed by atoms with Crippen LogP contribution in [0.25, 0.3) is 10.9 Å². The second-order valence-corrected chi connectivity index (χ2v) is 7.88. The molecule has 1 fully saturated rings. The molecule has 4 rings (SSSR count). The number of aromatic nitrogens is 2. The lowest BCUT2D eigenvalue weighted by molar-refractivity contribution is 0.141. The number of anilines is 2. The van der Waals surface area contributed by atoms with Crippen LogP contribution < -0.4 is 15.5 Å². The van der Waals surface area contributed by atoms with Crippen LogP contribution in [0.4, 0.5) is 25.1 Å². The molecule has 3 aromatic rings. The van der Waals surface area contributed by atoms with E-state index in [1.165, 1.54) is 0 Å². The summed E-state index contributed by atoms with van der Waals surface area (Å²) in [6, 6.07) is 14.6. The molecule has 1 saturated heterocycles. The molecule has 1 aliphatic rings. The second kappa shape index (κ2) is 9.24. The molecule has 0 bridgehead atoms. The third kappa shape index (κ3) is 5.07. The molecule has 8 heteroatoms. The first-order valence-corrected chi connectivity index (χ1v) is 10.4. The quantitative estimate of drug-likeness (QED) is 0.609. The van der Waals surface area contributed by atoms with E-state index >= 15 is 0 Å². The summed E-state index contributed by atoms with van der Waals surface area (Å²) in [5.74, 6) is 0.280. The number of halogens is 2. The summed E-state index contributed by atoms with van der Waals surface area (Å²) in [5, 5.41) is 6.51. The number of aryl methyl sites for hydroxylation is 1. The van der Waals surface area contributed by atoms with E-state index in [1.807, 2.05) is 48.2 Å². The summed E-state index contributed by atoms with van der Waals surface area (Å²) in [4.78, 5) is 22.5. The Bertz CT molecular complexity index is 1060. The zero-order valence-electron chi connectivity index (χ0n) is 17.3. The van der Waals surface area contributed by atoms with Gasteiger partial charge in [-0.1, -0.05) is 29.8 Å². The van der Waals surface area contributed by atoms with Crippen LogP contribution in [-0.4, -0.2) is 35.6 Å². The Hall–Kier alpha value is -3.29. The van der Waals surface area contributed by atoms with Crippen molar-refractivity contribution >= 4 is 28.4 Å². The maximum Gasteiger partial charge on any atom is 0.319 e. The minimum absolute atomic E-state index is 0.196. The molecule has 1 atom stereocenters. The second-order valence-electron chi connectivity index (χ2n) is 7.88. The number of piperidine rings is 1. The molecule has 1 unspecified atom stereocenters. The molecule has 0 saturated carbocycles. The monoisotopic (exact) mass is 425 g/mol. The lowest BCUT2D eigenvalue weighted by Crippen LogP contribution is -2.42. The summed E-state index contributed by atoms with van der Waals surface area (Å²) in [6.07, 6.45) is -0.878. The van der Waals surface area contributed by atoms with Gasteiger partial charge in [-0.05, 0) is 49.9 Å². The third-order valence-corrected chi connectivity index (χ3v) is 5.47. The van der Waals surface area contributed by atoms with Gasteiger partial charge in [0.05, 0.1) is 5.52 Å². The topological polar surface area (TPSA) is 70.2 Å². The molecule has 6 nitrogen and oxygen atoms in total. The minimum atomic E-state index is -2.73. The fraction of sp³-hybridized carbons (Fsp3) is 0.348. The highest BCUT2D eigenvalue weighted by molar-refractivity contribution is 5.90. The van der Waals surface area contributed by atoms with Gasteiger partial charge in [-0.2, -0.15) is 0 Å². The van der Waals surface area contributed by atoms with Crippen molar-refractivity contribution in [1.82, 2.24) is 15.3 Å². The van der Waals surface area contributed by atoms with Crippen LogP contribution in [0, 0.1) is 12.8 Å². The molecule has 1 aromatic heterocycles. The van der Waals surface area contributed by atoms with Gasteiger partial charge in [0, 0.05) is 30.7 Å². The van der Waals surface area contributed by atoms with E-state index in [0.29, 0.717) is 24.4 Å². The van der Waals surface area contributed by atoms with Gasteiger partial charge in [0.1, 0.15) is 5.82 Å². The number of alkyl halides is 2. The van der Waals surface area contributed by atoms with E-state index in [2.05, 4.69) is 20.6 Å². The summed E-state index contributed by atoms with van der Waals surface area (Å²) in [5.41, 5.74) is 2.38. The molecule has 2 aromatic carbocycles. The number of hydrogen-bond donors (Lipinski definition) is 2. The van der Waals surface area contributed by atoms with Crippen molar-refractivity contribution < 1.29 is 13.6 Å². The number of urea groups is 1. The van der Waals surface area contributed by atoms with Crippen molar-refractivity contribution in [3.8, 4) is 0 Å². The molecule has 1 aliphatic heterocycles. The van der Waals surface area contributed by atoms with Crippen molar-refractivity contribution in [2.75, 3.05) is 29.9 Å². The zero-order chi connectivity index (χ0) is 21.8. The molecular formula is C23H25F2N5O. The van der Waals surface area contributed by atoms with Gasteiger partial charge in [-0.15, -0.1) is 0 Å². The molecule has 2 N–H and O–H groups in total. The van der Waals surface area contributed by atoms with Crippen LogP contribution in [-0.2, 0) is 0 Å². The SMILES string of the molecule is Cc1ccc(NC(=O)NCC2CCCN(c3nc(C(F)F)nc4ccccc34)C2)cc1. The van der Waals surface area contributed by atoms with Gasteiger partial charge < -0.3 is 15.5 Å². The Morgan fingerprint density at radius 3 is 2.71 bits per heavy atom. The van der Waals surface area contributed by atoms with E-state index in [0.717, 1.165) is 36.0 Å². The number of carbonyl (C=O) groups is 1. The van der Waals surface area contributed by atoms with Gasteiger partial charge in [0.25, 0.3) is 6.43 Å². The van der Waals surface area contributed by atoms with Crippen LogP contribution in [0.3, 0.4) is 0 Å². The number of para-hydroxylation sites is 1. The van der Waals surface area contributed by atoms with E-state index in [1.54, 1.807) is 12.1 Å². The normalized spacial score (nSPS) is 16.5. The van der Waals surface area contributed by atoms with Crippen molar-refractivity contribution in [2.24, 2.45) is 5.92 Å². The first kappa shape index (κ1) is 21.0. The number of nitrogens with zero attached hydrogens (tertiary/aromatic N) is 3. The predicted octanol–water partition coefficient (Wildman–Crippen LogP) is 4.91. The summed E-state index contributed by atoms with van der Waals surface area (Å²) in [7, 11) is 0. The highest BCUT2D eigenvalue weighted by Crippen LogP contribution is 2.30. The number of hydrogen-bond acceptors (Lipinski definition) is 4. The average Bonchev–Trinajstić information content (AvgIpc) is 2.78. The van der Waals surface area contributed by atoms with Gasteiger partial charge in [0.15, 0.2) is 5.82 Å². The molecule has 0 aliphatic carbocycles. The van der Waals surface area contributed by atoms with Crippen molar-refractivity contribution in [2.45, 2.75) is 26.2 Å². The van der Waals surface area contributed by atoms with E-state index in [-0.39, 0.29) is 11.9 Å². The van der Waals surface area contributed by atoms with Crippen molar-refractivity contribution in [3.05, 3.63) is 59.9 Å². The highest BCUT2D eigenvalue weighted by Gasteiger charge is 2.25. The molecule has 162 valence electrons. The van der Waals surface area contributed by atoms with Gasteiger partial charge in [-0.25, -0.2) is 23.5 Å². The summed E-state index contributed by atoms with van der Waals surface area (Å²) in [6.45, 7) is 3.85. The number of nitrogens with one attached hydrogen (secondary N) is 2. The van der Waals surface area contributed by atoms with Crippen LogP contribution in [0.15, 0.2) is 48.5 Å². The number of amides is 2. The number of benzene rings is 2. The first-order valence-electron chi connectivity index (χ1n) is 10.4. The minimum Gasteiger partial charge on any atom is -0.356 e.